The van der Waals surface area contributed by atoms with E-state index in [9.17, 15) is 19.2 Å². The lowest BCUT2D eigenvalue weighted by Gasteiger charge is -2.35. The molecule has 2 aliphatic carbocycles. The summed E-state index contributed by atoms with van der Waals surface area (Å²) in [5.41, 5.74) is 0.716. The molecular weight excluding hydrogens is 480 g/mol. The fraction of sp³-hybridized carbons (Fsp3) is 0.688. The maximum Gasteiger partial charge on any atom is 0.308 e. The summed E-state index contributed by atoms with van der Waals surface area (Å²) in [5.74, 6) is -0.963. The third kappa shape index (κ3) is 7.12. The summed E-state index contributed by atoms with van der Waals surface area (Å²) >= 11 is 0. The van der Waals surface area contributed by atoms with Crippen LogP contribution in [0.25, 0.3) is 0 Å². The SMILES string of the molecule is C=C(C)C[C@@]1(C)C(=O)CC[C@@H]1[C@@H](CC/C=C/CC[C@@H](C(=O)OC)[C@H]1CCC(=O)[C@]1(C)CC(=C)C)C(=O)OC. The van der Waals surface area contributed by atoms with Gasteiger partial charge in [-0.15, -0.1) is 13.2 Å². The van der Waals surface area contributed by atoms with Crippen LogP contribution in [0.1, 0.15) is 91.9 Å². The van der Waals surface area contributed by atoms with Gasteiger partial charge in [0.2, 0.25) is 0 Å². The normalized spacial score (nSPS) is 28.9. The first-order chi connectivity index (χ1) is 17.8. The molecule has 2 fully saturated rings. The Morgan fingerprint density at radius 3 is 1.45 bits per heavy atom. The molecule has 0 aromatic heterocycles. The number of ether oxygens (including phenoxy) is 2. The molecule has 0 radical (unpaired) electrons. The number of hydrogen-bond acceptors (Lipinski definition) is 6. The third-order valence-electron chi connectivity index (χ3n) is 9.05. The van der Waals surface area contributed by atoms with Gasteiger partial charge < -0.3 is 9.47 Å². The predicted octanol–water partition coefficient (Wildman–Crippen LogP) is 6.58. The molecule has 0 aromatic carbocycles. The predicted molar refractivity (Wildman–Crippen MR) is 149 cm³/mol. The molecule has 0 N–H and O–H groups in total. The maximum absolute atomic E-state index is 12.8. The Morgan fingerprint density at radius 2 is 1.16 bits per heavy atom. The molecule has 0 spiro atoms. The second-order valence-corrected chi connectivity index (χ2v) is 12.1. The van der Waals surface area contributed by atoms with Crippen LogP contribution in [0.3, 0.4) is 0 Å². The lowest BCUT2D eigenvalue weighted by molar-refractivity contribution is -0.151. The zero-order valence-corrected chi connectivity index (χ0v) is 24.4. The van der Waals surface area contributed by atoms with E-state index in [-0.39, 0.29) is 47.2 Å². The van der Waals surface area contributed by atoms with Gasteiger partial charge >= 0.3 is 11.9 Å². The van der Waals surface area contributed by atoms with Crippen molar-refractivity contribution < 1.29 is 28.7 Å². The van der Waals surface area contributed by atoms with Crippen molar-refractivity contribution in [2.24, 2.45) is 34.5 Å². The highest BCUT2D eigenvalue weighted by atomic mass is 16.5. The molecule has 0 unspecified atom stereocenters. The Morgan fingerprint density at radius 1 is 0.816 bits per heavy atom. The number of rotatable bonds is 14. The Hall–Kier alpha value is -2.50. The van der Waals surface area contributed by atoms with Crippen molar-refractivity contribution in [2.75, 3.05) is 14.2 Å². The number of methoxy groups -OCH3 is 2. The van der Waals surface area contributed by atoms with E-state index >= 15 is 0 Å². The molecule has 0 aliphatic heterocycles. The van der Waals surface area contributed by atoms with Crippen LogP contribution in [0, 0.1) is 34.5 Å². The minimum atomic E-state index is -0.586. The van der Waals surface area contributed by atoms with Crippen molar-refractivity contribution in [3.63, 3.8) is 0 Å². The Kier molecular flexibility index (Phi) is 11.3. The van der Waals surface area contributed by atoms with Gasteiger partial charge in [-0.2, -0.15) is 0 Å². The van der Waals surface area contributed by atoms with E-state index < -0.39 is 10.8 Å². The zero-order chi connectivity index (χ0) is 28.7. The van der Waals surface area contributed by atoms with Crippen LogP contribution < -0.4 is 0 Å². The van der Waals surface area contributed by atoms with E-state index in [1.807, 2.05) is 39.8 Å². The van der Waals surface area contributed by atoms with E-state index in [0.717, 1.165) is 11.1 Å². The van der Waals surface area contributed by atoms with Crippen molar-refractivity contribution in [2.45, 2.75) is 91.9 Å². The number of esters is 2. The number of Topliss-reactive ketones (excluding diaryl/α,β-unsaturated/α-hetero) is 2. The van der Waals surface area contributed by atoms with E-state index in [1.54, 1.807) is 0 Å². The smallest absolute Gasteiger partial charge is 0.308 e. The summed E-state index contributed by atoms with van der Waals surface area (Å²) in [6.45, 7) is 15.8. The summed E-state index contributed by atoms with van der Waals surface area (Å²) in [5, 5.41) is 0. The molecule has 2 saturated carbocycles. The van der Waals surface area contributed by atoms with Crippen molar-refractivity contribution in [3.8, 4) is 0 Å². The fourth-order valence-electron chi connectivity index (χ4n) is 7.26. The van der Waals surface area contributed by atoms with E-state index in [2.05, 4.69) is 13.2 Å². The molecule has 0 bridgehead atoms. The van der Waals surface area contributed by atoms with Crippen LogP contribution in [-0.2, 0) is 28.7 Å². The highest BCUT2D eigenvalue weighted by molar-refractivity contribution is 5.89. The first-order valence-corrected chi connectivity index (χ1v) is 14.0. The first kappa shape index (κ1) is 31.7. The second kappa shape index (κ2) is 13.5. The molecule has 212 valence electrons. The van der Waals surface area contributed by atoms with Gasteiger partial charge in [0.1, 0.15) is 11.6 Å². The molecular formula is C32H48O6. The molecule has 2 aliphatic rings. The Labute approximate surface area is 229 Å². The van der Waals surface area contributed by atoms with Gasteiger partial charge in [0, 0.05) is 23.7 Å². The lowest BCUT2D eigenvalue weighted by atomic mass is 9.68. The molecule has 0 aromatic rings. The molecule has 6 nitrogen and oxygen atoms in total. The van der Waals surface area contributed by atoms with Gasteiger partial charge in [0.25, 0.3) is 0 Å². The summed E-state index contributed by atoms with van der Waals surface area (Å²) in [6.07, 6.45) is 10.2. The standard InChI is InChI=1S/C32H48O6/c1-21(2)19-31(5)25(15-17-27(31)33)23(29(35)37-7)13-11-9-10-12-14-24(30(36)38-8)26-16-18-28(34)32(26,6)20-22(3)4/h9-10,23-26H,1,3,11-20H2,2,4-8H3/b10-9+/t23-,24-,25-,26-,31-,32-/m1/s1. The molecule has 38 heavy (non-hydrogen) atoms. The molecule has 0 amide bonds. The largest absolute Gasteiger partial charge is 0.469 e. The van der Waals surface area contributed by atoms with Gasteiger partial charge in [-0.3, -0.25) is 19.2 Å². The summed E-state index contributed by atoms with van der Waals surface area (Å²) in [4.78, 5) is 51.0. The zero-order valence-electron chi connectivity index (χ0n) is 24.4. The van der Waals surface area contributed by atoms with E-state index in [1.165, 1.54) is 14.2 Å². The monoisotopic (exact) mass is 528 g/mol. The quantitative estimate of drug-likeness (QED) is 0.187. The number of hydrogen-bond donors (Lipinski definition) is 0. The van der Waals surface area contributed by atoms with Crippen LogP contribution in [0.15, 0.2) is 36.5 Å². The average molecular weight is 529 g/mol. The lowest BCUT2D eigenvalue weighted by Crippen LogP contribution is -2.37. The number of carbonyl (C=O) groups excluding carboxylic acids is 4. The van der Waals surface area contributed by atoms with Gasteiger partial charge in [0.15, 0.2) is 0 Å². The van der Waals surface area contributed by atoms with Gasteiger partial charge in [0.05, 0.1) is 26.1 Å². The molecule has 0 heterocycles. The Balaban J connectivity index is 2.05. The molecule has 6 heteroatoms. The minimum absolute atomic E-state index is 0.0675. The van der Waals surface area contributed by atoms with Crippen LogP contribution in [-0.4, -0.2) is 37.7 Å². The summed E-state index contributed by atoms with van der Waals surface area (Å²) in [7, 11) is 2.81. The Bertz CT molecular complexity index is 885. The van der Waals surface area contributed by atoms with Crippen LogP contribution >= 0.6 is 0 Å². The van der Waals surface area contributed by atoms with Crippen molar-refractivity contribution >= 4 is 23.5 Å². The number of allylic oxidation sites excluding steroid dienone is 4. The number of carbonyl (C=O) groups is 4. The van der Waals surface area contributed by atoms with Gasteiger partial charge in [-0.25, -0.2) is 0 Å². The van der Waals surface area contributed by atoms with E-state index in [4.69, 9.17) is 9.47 Å². The van der Waals surface area contributed by atoms with Crippen molar-refractivity contribution in [1.82, 2.24) is 0 Å². The highest BCUT2D eigenvalue weighted by Crippen LogP contribution is 2.50. The van der Waals surface area contributed by atoms with Crippen LogP contribution in [0.2, 0.25) is 0 Å². The minimum Gasteiger partial charge on any atom is -0.469 e. The molecule has 2 rings (SSSR count). The topological polar surface area (TPSA) is 86.7 Å². The highest BCUT2D eigenvalue weighted by Gasteiger charge is 2.51. The van der Waals surface area contributed by atoms with Gasteiger partial charge in [-0.1, -0.05) is 37.1 Å². The van der Waals surface area contributed by atoms with Crippen LogP contribution in [0.5, 0.6) is 0 Å². The first-order valence-electron chi connectivity index (χ1n) is 14.0. The molecule has 6 atom stereocenters. The van der Waals surface area contributed by atoms with Crippen molar-refractivity contribution in [1.29, 1.82) is 0 Å². The van der Waals surface area contributed by atoms with Gasteiger partial charge in [-0.05, 0) is 77.0 Å². The number of ketones is 2. The average Bonchev–Trinajstić information content (AvgIpc) is 3.28. The molecule has 0 saturated heterocycles. The fourth-order valence-corrected chi connectivity index (χ4v) is 7.26. The summed E-state index contributed by atoms with van der Waals surface area (Å²) < 4.78 is 10.3. The third-order valence-corrected chi connectivity index (χ3v) is 9.05. The van der Waals surface area contributed by atoms with Crippen molar-refractivity contribution in [3.05, 3.63) is 36.5 Å². The van der Waals surface area contributed by atoms with Crippen LogP contribution in [0.4, 0.5) is 0 Å². The summed E-state index contributed by atoms with van der Waals surface area (Å²) in [6, 6.07) is 0. The van der Waals surface area contributed by atoms with E-state index in [0.29, 0.717) is 64.2 Å². The maximum atomic E-state index is 12.8. The second-order valence-electron chi connectivity index (χ2n) is 12.1.